The van der Waals surface area contributed by atoms with Crippen LogP contribution in [-0.2, 0) is 4.79 Å². The summed E-state index contributed by atoms with van der Waals surface area (Å²) < 4.78 is 10.7. The minimum atomic E-state index is -0.463. The summed E-state index contributed by atoms with van der Waals surface area (Å²) in [5.74, 6) is 1.37. The molecule has 0 amide bonds. The van der Waals surface area contributed by atoms with Crippen molar-refractivity contribution in [2.45, 2.75) is 13.0 Å². The van der Waals surface area contributed by atoms with Crippen molar-refractivity contribution in [3.8, 4) is 11.5 Å². The van der Waals surface area contributed by atoms with E-state index < -0.39 is 6.10 Å². The van der Waals surface area contributed by atoms with Crippen molar-refractivity contribution in [1.29, 1.82) is 0 Å². The fourth-order valence-electron chi connectivity index (χ4n) is 1.26. The largest absolute Gasteiger partial charge is 0.485 e. The summed E-state index contributed by atoms with van der Waals surface area (Å²) in [5.41, 5.74) is 1.12. The second kappa shape index (κ2) is 3.09. The molecule has 0 aliphatic carbocycles. The Bertz CT molecular complexity index is 333. The first-order valence-corrected chi connectivity index (χ1v) is 4.15. The molecule has 68 valence electrons. The molecular formula is C10H10O3. The molecule has 3 nitrogen and oxygen atoms in total. The molecule has 1 unspecified atom stereocenters. The van der Waals surface area contributed by atoms with E-state index in [1.54, 1.807) is 0 Å². The van der Waals surface area contributed by atoms with E-state index in [2.05, 4.69) is 0 Å². The Balaban J connectivity index is 2.31. The molecular weight excluding hydrogens is 168 g/mol. The van der Waals surface area contributed by atoms with Gasteiger partial charge in [-0.25, -0.2) is 0 Å². The Morgan fingerprint density at radius 3 is 3.08 bits per heavy atom. The lowest BCUT2D eigenvalue weighted by molar-refractivity contribution is -0.115. The van der Waals surface area contributed by atoms with Crippen molar-refractivity contribution in [2.24, 2.45) is 0 Å². The third kappa shape index (κ3) is 1.49. The van der Waals surface area contributed by atoms with Crippen molar-refractivity contribution < 1.29 is 14.3 Å². The monoisotopic (exact) mass is 178 g/mol. The van der Waals surface area contributed by atoms with Gasteiger partial charge in [0.2, 0.25) is 0 Å². The number of benzene rings is 1. The van der Waals surface area contributed by atoms with Crippen LogP contribution in [0, 0.1) is 6.92 Å². The lowest BCUT2D eigenvalue weighted by atomic mass is 10.2. The molecule has 1 aliphatic heterocycles. The molecule has 0 saturated heterocycles. The van der Waals surface area contributed by atoms with E-state index in [1.165, 1.54) is 0 Å². The molecule has 0 radical (unpaired) electrons. The van der Waals surface area contributed by atoms with E-state index in [9.17, 15) is 4.79 Å². The summed E-state index contributed by atoms with van der Waals surface area (Å²) in [5, 5.41) is 0. The zero-order valence-corrected chi connectivity index (χ0v) is 7.32. The summed E-state index contributed by atoms with van der Waals surface area (Å²) in [7, 11) is 0. The van der Waals surface area contributed by atoms with Gasteiger partial charge in [-0.1, -0.05) is 6.07 Å². The van der Waals surface area contributed by atoms with Crippen molar-refractivity contribution >= 4 is 6.29 Å². The van der Waals surface area contributed by atoms with Crippen LogP contribution in [0.5, 0.6) is 11.5 Å². The Labute approximate surface area is 76.3 Å². The molecule has 13 heavy (non-hydrogen) atoms. The highest BCUT2D eigenvalue weighted by Gasteiger charge is 2.19. The van der Waals surface area contributed by atoms with E-state index in [0.717, 1.165) is 17.6 Å². The number of ether oxygens (including phenoxy) is 2. The van der Waals surface area contributed by atoms with Gasteiger partial charge < -0.3 is 9.47 Å². The van der Waals surface area contributed by atoms with Gasteiger partial charge in [0.1, 0.15) is 6.61 Å². The van der Waals surface area contributed by atoms with Crippen molar-refractivity contribution in [3.05, 3.63) is 23.8 Å². The normalized spacial score (nSPS) is 19.6. The number of carbonyl (C=O) groups excluding carboxylic acids is 1. The van der Waals surface area contributed by atoms with Crippen LogP contribution in [0.25, 0.3) is 0 Å². The van der Waals surface area contributed by atoms with E-state index in [4.69, 9.17) is 9.47 Å². The van der Waals surface area contributed by atoms with Gasteiger partial charge in [-0.15, -0.1) is 0 Å². The first-order valence-electron chi connectivity index (χ1n) is 4.15. The standard InChI is InChI=1S/C10H10O3/c1-7-2-3-9-10(4-7)12-6-8(5-11)13-9/h2-5,8H,6H2,1H3. The molecule has 1 aromatic carbocycles. The Hall–Kier alpha value is -1.51. The Morgan fingerprint density at radius 1 is 1.46 bits per heavy atom. The van der Waals surface area contributed by atoms with Crippen LogP contribution >= 0.6 is 0 Å². The van der Waals surface area contributed by atoms with Crippen molar-refractivity contribution in [1.82, 2.24) is 0 Å². The van der Waals surface area contributed by atoms with Crippen LogP contribution in [0.2, 0.25) is 0 Å². The number of hydrogen-bond donors (Lipinski definition) is 0. The number of carbonyl (C=O) groups is 1. The molecule has 1 aromatic rings. The van der Waals surface area contributed by atoms with Crippen LogP contribution in [0.3, 0.4) is 0 Å². The van der Waals surface area contributed by atoms with E-state index in [1.807, 2.05) is 25.1 Å². The predicted molar refractivity (Wildman–Crippen MR) is 47.2 cm³/mol. The maximum atomic E-state index is 10.4. The quantitative estimate of drug-likeness (QED) is 0.608. The van der Waals surface area contributed by atoms with Crippen LogP contribution in [0.4, 0.5) is 0 Å². The molecule has 0 spiro atoms. The van der Waals surface area contributed by atoms with E-state index in [-0.39, 0.29) is 0 Å². The number of rotatable bonds is 1. The summed E-state index contributed by atoms with van der Waals surface area (Å²) in [6.07, 6.45) is 0.290. The van der Waals surface area contributed by atoms with Gasteiger partial charge in [0.15, 0.2) is 23.9 Å². The smallest absolute Gasteiger partial charge is 0.187 e. The maximum Gasteiger partial charge on any atom is 0.187 e. The average molecular weight is 178 g/mol. The van der Waals surface area contributed by atoms with E-state index in [0.29, 0.717) is 12.4 Å². The molecule has 0 fully saturated rings. The number of hydrogen-bond acceptors (Lipinski definition) is 3. The third-order valence-electron chi connectivity index (χ3n) is 1.93. The predicted octanol–water partition coefficient (Wildman–Crippen LogP) is 1.33. The van der Waals surface area contributed by atoms with Gasteiger partial charge in [-0.05, 0) is 24.6 Å². The lowest BCUT2D eigenvalue weighted by Crippen LogP contribution is -2.30. The van der Waals surface area contributed by atoms with Crippen molar-refractivity contribution in [3.63, 3.8) is 0 Å². The minimum absolute atomic E-state index is 0.306. The molecule has 0 saturated carbocycles. The Kier molecular flexibility index (Phi) is 1.93. The average Bonchev–Trinajstić information content (AvgIpc) is 2.17. The summed E-state index contributed by atoms with van der Waals surface area (Å²) in [4.78, 5) is 10.4. The van der Waals surface area contributed by atoms with Gasteiger partial charge >= 0.3 is 0 Å². The highest BCUT2D eigenvalue weighted by atomic mass is 16.6. The lowest BCUT2D eigenvalue weighted by Gasteiger charge is -2.22. The molecule has 1 aliphatic rings. The molecule has 1 atom stereocenters. The second-order valence-electron chi connectivity index (χ2n) is 3.05. The summed E-state index contributed by atoms with van der Waals surface area (Å²) >= 11 is 0. The molecule has 0 bridgehead atoms. The van der Waals surface area contributed by atoms with Crippen LogP contribution in [0.15, 0.2) is 18.2 Å². The minimum Gasteiger partial charge on any atom is -0.485 e. The highest BCUT2D eigenvalue weighted by molar-refractivity contribution is 5.59. The first-order chi connectivity index (χ1) is 6.29. The summed E-state index contributed by atoms with van der Waals surface area (Å²) in [6, 6.07) is 5.64. The van der Waals surface area contributed by atoms with Crippen molar-refractivity contribution in [2.75, 3.05) is 6.61 Å². The molecule has 3 heteroatoms. The SMILES string of the molecule is Cc1ccc2c(c1)OCC(C=O)O2. The summed E-state index contributed by atoms with van der Waals surface area (Å²) in [6.45, 7) is 2.29. The fraction of sp³-hybridized carbons (Fsp3) is 0.300. The van der Waals surface area contributed by atoms with Crippen LogP contribution in [-0.4, -0.2) is 19.0 Å². The first kappa shape index (κ1) is 8.10. The maximum absolute atomic E-state index is 10.4. The third-order valence-corrected chi connectivity index (χ3v) is 1.93. The topological polar surface area (TPSA) is 35.5 Å². The zero-order valence-electron chi connectivity index (χ0n) is 7.32. The number of fused-ring (bicyclic) bond motifs is 1. The van der Waals surface area contributed by atoms with Crippen LogP contribution in [0.1, 0.15) is 5.56 Å². The van der Waals surface area contributed by atoms with Gasteiger partial charge in [0.05, 0.1) is 0 Å². The number of aryl methyl sites for hydroxylation is 1. The highest BCUT2D eigenvalue weighted by Crippen LogP contribution is 2.31. The van der Waals surface area contributed by atoms with Crippen LogP contribution < -0.4 is 9.47 Å². The fourth-order valence-corrected chi connectivity index (χ4v) is 1.26. The second-order valence-corrected chi connectivity index (χ2v) is 3.05. The molecule has 0 N–H and O–H groups in total. The molecule has 2 rings (SSSR count). The van der Waals surface area contributed by atoms with Gasteiger partial charge in [-0.2, -0.15) is 0 Å². The van der Waals surface area contributed by atoms with E-state index >= 15 is 0 Å². The van der Waals surface area contributed by atoms with Gasteiger partial charge in [0, 0.05) is 0 Å². The molecule has 1 heterocycles. The van der Waals surface area contributed by atoms with Gasteiger partial charge in [0.25, 0.3) is 0 Å². The Morgan fingerprint density at radius 2 is 2.31 bits per heavy atom. The molecule has 0 aromatic heterocycles. The zero-order chi connectivity index (χ0) is 9.26. The number of aldehydes is 1. The van der Waals surface area contributed by atoms with Gasteiger partial charge in [-0.3, -0.25) is 4.79 Å².